The maximum absolute atomic E-state index is 12.6. The van der Waals surface area contributed by atoms with Crippen LogP contribution in [0.25, 0.3) is 0 Å². The predicted molar refractivity (Wildman–Crippen MR) is 113 cm³/mol. The van der Waals surface area contributed by atoms with Crippen molar-refractivity contribution >= 4 is 35.0 Å². The molecule has 2 aliphatic rings. The molecule has 154 valence electrons. The average molecular weight is 426 g/mol. The molecule has 0 radical (unpaired) electrons. The Morgan fingerprint density at radius 2 is 1.79 bits per heavy atom. The van der Waals surface area contributed by atoms with Gasteiger partial charge in [0.05, 0.1) is 16.6 Å². The summed E-state index contributed by atoms with van der Waals surface area (Å²) in [6, 6.07) is 5.86. The van der Waals surface area contributed by atoms with E-state index in [4.69, 9.17) is 23.2 Å². The van der Waals surface area contributed by atoms with Crippen LogP contribution < -0.4 is 0 Å². The number of hydrogen-bond donors (Lipinski definition) is 0. The molecule has 2 amide bonds. The predicted octanol–water partition coefficient (Wildman–Crippen LogP) is 3.47. The van der Waals surface area contributed by atoms with E-state index in [9.17, 15) is 9.59 Å². The van der Waals surface area contributed by atoms with Crippen molar-refractivity contribution in [2.45, 2.75) is 45.1 Å². The first-order valence-electron chi connectivity index (χ1n) is 10.2. The normalized spacial score (nSPS) is 21.0. The first kappa shape index (κ1) is 21.4. The van der Waals surface area contributed by atoms with E-state index in [1.807, 2.05) is 21.9 Å². The Morgan fingerprint density at radius 3 is 2.50 bits per heavy atom. The Labute approximate surface area is 177 Å². The SMILES string of the molecule is CC1CCCCN1C(=O)CN1CCN(C(=O)CCc2cccc(Cl)c2Cl)CC1. The summed E-state index contributed by atoms with van der Waals surface area (Å²) in [5.74, 6) is 0.356. The number of halogens is 2. The van der Waals surface area contributed by atoms with E-state index in [1.54, 1.807) is 6.07 Å². The average Bonchev–Trinajstić information content (AvgIpc) is 2.69. The van der Waals surface area contributed by atoms with E-state index in [2.05, 4.69) is 11.8 Å². The van der Waals surface area contributed by atoms with Crippen LogP contribution >= 0.6 is 23.2 Å². The van der Waals surface area contributed by atoms with Gasteiger partial charge < -0.3 is 9.80 Å². The van der Waals surface area contributed by atoms with Gasteiger partial charge in [0.15, 0.2) is 0 Å². The lowest BCUT2D eigenvalue weighted by atomic mass is 10.0. The molecule has 0 bridgehead atoms. The van der Waals surface area contributed by atoms with Crippen molar-refractivity contribution in [2.75, 3.05) is 39.3 Å². The Hall–Kier alpha value is -1.30. The molecule has 1 unspecified atom stereocenters. The molecule has 0 saturated carbocycles. The van der Waals surface area contributed by atoms with Gasteiger partial charge >= 0.3 is 0 Å². The zero-order valence-corrected chi connectivity index (χ0v) is 18.0. The maximum Gasteiger partial charge on any atom is 0.236 e. The van der Waals surface area contributed by atoms with Gasteiger partial charge in [-0.05, 0) is 44.2 Å². The van der Waals surface area contributed by atoms with Gasteiger partial charge in [0, 0.05) is 45.2 Å². The van der Waals surface area contributed by atoms with Gasteiger partial charge in [0.2, 0.25) is 11.8 Å². The van der Waals surface area contributed by atoms with E-state index >= 15 is 0 Å². The molecule has 3 rings (SSSR count). The van der Waals surface area contributed by atoms with Crippen LogP contribution in [0.15, 0.2) is 18.2 Å². The lowest BCUT2D eigenvalue weighted by molar-refractivity contribution is -0.137. The minimum absolute atomic E-state index is 0.131. The highest BCUT2D eigenvalue weighted by Gasteiger charge is 2.27. The Bertz CT molecular complexity index is 705. The summed E-state index contributed by atoms with van der Waals surface area (Å²) in [7, 11) is 0. The number of amides is 2. The van der Waals surface area contributed by atoms with E-state index < -0.39 is 0 Å². The third-order valence-corrected chi connectivity index (χ3v) is 6.71. The lowest BCUT2D eigenvalue weighted by Gasteiger charge is -2.38. The Morgan fingerprint density at radius 1 is 1.04 bits per heavy atom. The first-order chi connectivity index (χ1) is 13.5. The minimum Gasteiger partial charge on any atom is -0.340 e. The molecule has 2 aliphatic heterocycles. The minimum atomic E-state index is 0.131. The second-order valence-corrected chi connectivity index (χ2v) is 8.59. The Kier molecular flexibility index (Phi) is 7.61. The molecule has 0 aromatic heterocycles. The maximum atomic E-state index is 12.6. The number of likely N-dealkylation sites (tertiary alicyclic amines) is 1. The van der Waals surface area contributed by atoms with Crippen molar-refractivity contribution < 1.29 is 9.59 Å². The number of rotatable bonds is 5. The van der Waals surface area contributed by atoms with Gasteiger partial charge in [-0.3, -0.25) is 14.5 Å². The van der Waals surface area contributed by atoms with Gasteiger partial charge in [-0.1, -0.05) is 35.3 Å². The molecule has 1 aromatic rings. The van der Waals surface area contributed by atoms with Crippen LogP contribution in [0.4, 0.5) is 0 Å². The van der Waals surface area contributed by atoms with Crippen LogP contribution in [-0.4, -0.2) is 71.8 Å². The van der Waals surface area contributed by atoms with E-state index in [0.29, 0.717) is 48.6 Å². The summed E-state index contributed by atoms with van der Waals surface area (Å²) < 4.78 is 0. The molecule has 5 nitrogen and oxygen atoms in total. The summed E-state index contributed by atoms with van der Waals surface area (Å²) in [5.41, 5.74) is 0.905. The fraction of sp³-hybridized carbons (Fsp3) is 0.619. The van der Waals surface area contributed by atoms with Crippen LogP contribution in [0.1, 0.15) is 38.2 Å². The Balaban J connectivity index is 1.42. The molecule has 0 aliphatic carbocycles. The van der Waals surface area contributed by atoms with Crippen LogP contribution in [0, 0.1) is 0 Å². The van der Waals surface area contributed by atoms with Crippen LogP contribution in [0.2, 0.25) is 10.0 Å². The molecule has 2 fully saturated rings. The molecule has 0 N–H and O–H groups in total. The molecular weight excluding hydrogens is 397 g/mol. The molecular formula is C21H29Cl2N3O2. The quantitative estimate of drug-likeness (QED) is 0.724. The van der Waals surface area contributed by atoms with Gasteiger partial charge in [0.1, 0.15) is 0 Å². The number of carbonyl (C=O) groups is 2. The van der Waals surface area contributed by atoms with E-state index in [-0.39, 0.29) is 11.8 Å². The number of carbonyl (C=O) groups excluding carboxylic acids is 2. The summed E-state index contributed by atoms with van der Waals surface area (Å²) in [5, 5.41) is 1.06. The zero-order valence-electron chi connectivity index (χ0n) is 16.5. The van der Waals surface area contributed by atoms with Crippen LogP contribution in [0.3, 0.4) is 0 Å². The van der Waals surface area contributed by atoms with Crippen LogP contribution in [-0.2, 0) is 16.0 Å². The standard InChI is InChI=1S/C21H29Cl2N3O2/c1-16-5-2-3-10-26(16)20(28)15-24-11-13-25(14-12-24)19(27)9-8-17-6-4-7-18(22)21(17)23/h4,6-7,16H,2-3,5,8-15H2,1H3. The van der Waals surface area contributed by atoms with Crippen molar-refractivity contribution in [3.05, 3.63) is 33.8 Å². The zero-order chi connectivity index (χ0) is 20.1. The fourth-order valence-electron chi connectivity index (χ4n) is 4.05. The van der Waals surface area contributed by atoms with Crippen LogP contribution in [0.5, 0.6) is 0 Å². The highest BCUT2D eigenvalue weighted by molar-refractivity contribution is 6.42. The number of hydrogen-bond acceptors (Lipinski definition) is 3. The molecule has 2 saturated heterocycles. The third kappa shape index (κ3) is 5.40. The van der Waals surface area contributed by atoms with Crippen molar-refractivity contribution in [3.63, 3.8) is 0 Å². The number of benzene rings is 1. The topological polar surface area (TPSA) is 43.9 Å². The summed E-state index contributed by atoms with van der Waals surface area (Å²) >= 11 is 12.2. The summed E-state index contributed by atoms with van der Waals surface area (Å²) in [6.07, 6.45) is 4.43. The summed E-state index contributed by atoms with van der Waals surface area (Å²) in [4.78, 5) is 31.2. The molecule has 0 spiro atoms. The second kappa shape index (κ2) is 9.95. The molecule has 7 heteroatoms. The van der Waals surface area contributed by atoms with Crippen molar-refractivity contribution in [3.8, 4) is 0 Å². The van der Waals surface area contributed by atoms with Gasteiger partial charge in [-0.25, -0.2) is 0 Å². The molecule has 1 atom stereocenters. The highest BCUT2D eigenvalue weighted by atomic mass is 35.5. The molecule has 2 heterocycles. The number of aryl methyl sites for hydroxylation is 1. The highest BCUT2D eigenvalue weighted by Crippen LogP contribution is 2.26. The summed E-state index contributed by atoms with van der Waals surface area (Å²) in [6.45, 7) is 6.32. The third-order valence-electron chi connectivity index (χ3n) is 5.85. The van der Waals surface area contributed by atoms with Crippen molar-refractivity contribution in [1.29, 1.82) is 0 Å². The first-order valence-corrected chi connectivity index (χ1v) is 10.9. The second-order valence-electron chi connectivity index (χ2n) is 7.80. The number of nitrogens with zero attached hydrogens (tertiary/aromatic N) is 3. The van der Waals surface area contributed by atoms with Gasteiger partial charge in [0.25, 0.3) is 0 Å². The lowest BCUT2D eigenvalue weighted by Crippen LogP contribution is -2.53. The number of piperidine rings is 1. The van der Waals surface area contributed by atoms with Gasteiger partial charge in [-0.15, -0.1) is 0 Å². The van der Waals surface area contributed by atoms with Crippen molar-refractivity contribution in [2.24, 2.45) is 0 Å². The number of piperazine rings is 1. The monoisotopic (exact) mass is 425 g/mol. The largest absolute Gasteiger partial charge is 0.340 e. The fourth-order valence-corrected chi connectivity index (χ4v) is 4.46. The van der Waals surface area contributed by atoms with E-state index in [1.165, 1.54) is 6.42 Å². The molecule has 28 heavy (non-hydrogen) atoms. The van der Waals surface area contributed by atoms with Gasteiger partial charge in [-0.2, -0.15) is 0 Å². The van der Waals surface area contributed by atoms with Crippen molar-refractivity contribution in [1.82, 2.24) is 14.7 Å². The van der Waals surface area contributed by atoms with E-state index in [0.717, 1.165) is 38.0 Å². The smallest absolute Gasteiger partial charge is 0.236 e. The molecule has 1 aromatic carbocycles.